The number of amides is 1. The zero-order valence-corrected chi connectivity index (χ0v) is 22.0. The van der Waals surface area contributed by atoms with E-state index in [1.54, 1.807) is 19.2 Å². The minimum atomic E-state index is -0.531. The second kappa shape index (κ2) is 10.5. The quantitative estimate of drug-likeness (QED) is 0.390. The molecule has 36 heavy (non-hydrogen) atoms. The number of halogens is 1. The molecule has 0 fully saturated rings. The summed E-state index contributed by atoms with van der Waals surface area (Å²) in [6.45, 7) is 4.10. The Morgan fingerprint density at radius 2 is 1.81 bits per heavy atom. The maximum atomic E-state index is 12.5. The third-order valence-corrected chi connectivity index (χ3v) is 6.73. The Hall–Kier alpha value is -3.64. The van der Waals surface area contributed by atoms with E-state index in [-0.39, 0.29) is 12.1 Å². The molecule has 3 aromatic carbocycles. The van der Waals surface area contributed by atoms with Crippen LogP contribution in [-0.4, -0.2) is 33.2 Å². The van der Waals surface area contributed by atoms with Crippen LogP contribution in [0.3, 0.4) is 0 Å². The molecule has 1 unspecified atom stereocenters. The number of nitrogens with zero attached hydrogens (tertiary/aromatic N) is 2. The summed E-state index contributed by atoms with van der Waals surface area (Å²) in [6.07, 6.45) is 4.94. The minimum Gasteiger partial charge on any atom is -0.493 e. The fourth-order valence-electron chi connectivity index (χ4n) is 4.38. The zero-order valence-electron chi connectivity index (χ0n) is 21.3. The van der Waals surface area contributed by atoms with E-state index in [0.29, 0.717) is 22.1 Å². The Kier molecular flexibility index (Phi) is 7.45. The molecule has 3 aromatic rings. The molecular formula is C29H32ClN3O3. The van der Waals surface area contributed by atoms with E-state index in [1.165, 1.54) is 0 Å². The molecule has 0 aromatic heterocycles. The second-order valence-corrected chi connectivity index (χ2v) is 9.54. The monoisotopic (exact) mass is 505 g/mol. The normalized spacial score (nSPS) is 15.3. The van der Waals surface area contributed by atoms with Crippen molar-refractivity contribution in [3.63, 3.8) is 0 Å². The lowest BCUT2D eigenvalue weighted by molar-refractivity contribution is 0.0999. The van der Waals surface area contributed by atoms with Gasteiger partial charge < -0.3 is 25.0 Å². The van der Waals surface area contributed by atoms with Crippen LogP contribution in [0.25, 0.3) is 6.08 Å². The number of rotatable bonds is 8. The molecule has 0 spiro atoms. The smallest absolute Gasteiger partial charge is 0.249 e. The van der Waals surface area contributed by atoms with E-state index < -0.39 is 5.91 Å². The first kappa shape index (κ1) is 25.5. The van der Waals surface area contributed by atoms with Gasteiger partial charge in [-0.15, -0.1) is 0 Å². The molecule has 0 aliphatic carbocycles. The first-order valence-corrected chi connectivity index (χ1v) is 12.3. The average Bonchev–Trinajstić information content (AvgIpc) is 2.87. The largest absolute Gasteiger partial charge is 0.493 e. The predicted octanol–water partition coefficient (Wildman–Crippen LogP) is 6.27. The van der Waals surface area contributed by atoms with Crippen molar-refractivity contribution >= 4 is 35.0 Å². The fourth-order valence-corrected chi connectivity index (χ4v) is 4.55. The van der Waals surface area contributed by atoms with Crippen molar-refractivity contribution in [2.24, 2.45) is 5.73 Å². The van der Waals surface area contributed by atoms with E-state index in [1.807, 2.05) is 51.5 Å². The maximum absolute atomic E-state index is 12.5. The lowest BCUT2D eigenvalue weighted by Crippen LogP contribution is -2.30. The number of fused-ring (bicyclic) bond motifs is 1. The molecule has 1 aliphatic rings. The Morgan fingerprint density at radius 3 is 2.42 bits per heavy atom. The first-order chi connectivity index (χ1) is 17.2. The van der Waals surface area contributed by atoms with Crippen molar-refractivity contribution in [3.8, 4) is 11.5 Å². The molecule has 188 valence electrons. The van der Waals surface area contributed by atoms with E-state index >= 15 is 0 Å². The van der Waals surface area contributed by atoms with E-state index in [0.717, 1.165) is 34.5 Å². The van der Waals surface area contributed by atoms with Crippen molar-refractivity contribution in [3.05, 3.63) is 88.1 Å². The Morgan fingerprint density at radius 1 is 1.08 bits per heavy atom. The standard InChI is InChI=1S/C29H32ClN3O3/c1-6-18(2)36-27-17-24-19(15-26(27)35-5)13-14-33(22-10-8-21(9-11-22)32(3)4)28(24)23-12-7-20(30)16-25(23)29(31)34/h7-18,28H,6H2,1-5H3,(H2,31,34)/t18-,28?/m1/s1. The molecule has 4 rings (SSSR count). The highest BCUT2D eigenvalue weighted by atomic mass is 35.5. The van der Waals surface area contributed by atoms with Crippen molar-refractivity contribution in [2.45, 2.75) is 32.4 Å². The second-order valence-electron chi connectivity index (χ2n) is 9.10. The molecule has 0 radical (unpaired) electrons. The number of benzene rings is 3. The third kappa shape index (κ3) is 5.00. The number of primary amides is 1. The molecule has 1 amide bonds. The molecule has 2 N–H and O–H groups in total. The zero-order chi connectivity index (χ0) is 26.0. The summed E-state index contributed by atoms with van der Waals surface area (Å²) in [6, 6.07) is 17.2. The molecule has 0 saturated carbocycles. The molecule has 7 heteroatoms. The summed E-state index contributed by atoms with van der Waals surface area (Å²) in [7, 11) is 5.65. The summed E-state index contributed by atoms with van der Waals surface area (Å²) < 4.78 is 11.9. The Labute approximate surface area is 217 Å². The number of hydrogen-bond acceptors (Lipinski definition) is 5. The first-order valence-electron chi connectivity index (χ1n) is 11.9. The van der Waals surface area contributed by atoms with Gasteiger partial charge in [-0.25, -0.2) is 0 Å². The van der Waals surface area contributed by atoms with Gasteiger partial charge in [-0.1, -0.05) is 24.6 Å². The molecule has 6 nitrogen and oxygen atoms in total. The summed E-state index contributed by atoms with van der Waals surface area (Å²) in [5.41, 5.74) is 11.0. The Balaban J connectivity index is 1.94. The van der Waals surface area contributed by atoms with Gasteiger partial charge >= 0.3 is 0 Å². The predicted molar refractivity (Wildman–Crippen MR) is 147 cm³/mol. The number of carbonyl (C=O) groups excluding carboxylic acids is 1. The molecule has 0 saturated heterocycles. The van der Waals surface area contributed by atoms with Crippen LogP contribution in [0.4, 0.5) is 11.4 Å². The van der Waals surface area contributed by atoms with Gasteiger partial charge in [0.15, 0.2) is 11.5 Å². The van der Waals surface area contributed by atoms with Gasteiger partial charge in [0.05, 0.1) is 19.3 Å². The van der Waals surface area contributed by atoms with Gasteiger partial charge in [-0.05, 0) is 84.6 Å². The van der Waals surface area contributed by atoms with Crippen LogP contribution in [0, 0.1) is 0 Å². The van der Waals surface area contributed by atoms with Gasteiger partial charge in [-0.2, -0.15) is 0 Å². The van der Waals surface area contributed by atoms with Crippen LogP contribution in [-0.2, 0) is 0 Å². The highest BCUT2D eigenvalue weighted by molar-refractivity contribution is 6.31. The van der Waals surface area contributed by atoms with E-state index in [4.69, 9.17) is 26.8 Å². The lowest BCUT2D eigenvalue weighted by atomic mass is 9.87. The fraction of sp³-hybridized carbons (Fsp3) is 0.276. The van der Waals surface area contributed by atoms with Crippen molar-refractivity contribution in [1.82, 2.24) is 0 Å². The Bertz CT molecular complexity index is 1290. The van der Waals surface area contributed by atoms with Gasteiger partial charge in [0.2, 0.25) is 5.91 Å². The summed E-state index contributed by atoms with van der Waals surface area (Å²) >= 11 is 6.26. The number of nitrogens with two attached hydrogens (primary N) is 1. The number of carbonyl (C=O) groups is 1. The van der Waals surface area contributed by atoms with Gasteiger partial charge in [0, 0.05) is 42.3 Å². The summed E-state index contributed by atoms with van der Waals surface area (Å²) in [5, 5.41) is 0.455. The summed E-state index contributed by atoms with van der Waals surface area (Å²) in [5.74, 6) is 0.784. The number of methoxy groups -OCH3 is 1. The van der Waals surface area contributed by atoms with Crippen LogP contribution in [0.5, 0.6) is 11.5 Å². The van der Waals surface area contributed by atoms with E-state index in [9.17, 15) is 4.79 Å². The number of ether oxygens (including phenoxy) is 2. The topological polar surface area (TPSA) is 68.0 Å². The van der Waals surface area contributed by atoms with Crippen molar-refractivity contribution in [1.29, 1.82) is 0 Å². The maximum Gasteiger partial charge on any atom is 0.249 e. The van der Waals surface area contributed by atoms with Crippen LogP contribution in [0.2, 0.25) is 5.02 Å². The average molecular weight is 506 g/mol. The summed E-state index contributed by atoms with van der Waals surface area (Å²) in [4.78, 5) is 16.7. The van der Waals surface area contributed by atoms with Crippen LogP contribution >= 0.6 is 11.6 Å². The number of hydrogen-bond donors (Lipinski definition) is 1. The molecule has 0 bridgehead atoms. The van der Waals surface area contributed by atoms with Crippen LogP contribution in [0.1, 0.15) is 53.4 Å². The molecule has 2 atom stereocenters. The minimum absolute atomic E-state index is 0.0147. The lowest BCUT2D eigenvalue weighted by Gasteiger charge is -2.37. The molecule has 1 heterocycles. The highest BCUT2D eigenvalue weighted by Gasteiger charge is 2.31. The highest BCUT2D eigenvalue weighted by Crippen LogP contribution is 2.44. The van der Waals surface area contributed by atoms with Gasteiger partial charge in [0.25, 0.3) is 0 Å². The molecular weight excluding hydrogens is 474 g/mol. The van der Waals surface area contributed by atoms with Gasteiger partial charge in [0.1, 0.15) is 0 Å². The third-order valence-electron chi connectivity index (χ3n) is 6.50. The van der Waals surface area contributed by atoms with Crippen LogP contribution in [0.15, 0.2) is 60.8 Å². The number of anilines is 2. The van der Waals surface area contributed by atoms with Crippen LogP contribution < -0.4 is 25.0 Å². The molecule has 1 aliphatic heterocycles. The van der Waals surface area contributed by atoms with Gasteiger partial charge in [-0.3, -0.25) is 4.79 Å². The SMILES string of the molecule is CC[C@@H](C)Oc1cc2c(cc1OC)C=CN(c1ccc(N(C)C)cc1)C2c1ccc(Cl)cc1C(N)=O. The van der Waals surface area contributed by atoms with Crippen molar-refractivity contribution < 1.29 is 14.3 Å². The van der Waals surface area contributed by atoms with E-state index in [2.05, 4.69) is 41.0 Å². The van der Waals surface area contributed by atoms with Crippen molar-refractivity contribution in [2.75, 3.05) is 31.0 Å².